The van der Waals surface area contributed by atoms with E-state index in [9.17, 15) is 9.18 Å². The highest BCUT2D eigenvalue weighted by molar-refractivity contribution is 5.78. The topological polar surface area (TPSA) is 66.9 Å². The SMILES string of the molecule is Cc1cncc(NCCNC(=O)Cc2cccc(F)c2)n1. The van der Waals surface area contributed by atoms with Gasteiger partial charge in [-0.3, -0.25) is 9.78 Å². The van der Waals surface area contributed by atoms with Gasteiger partial charge in [-0.25, -0.2) is 9.37 Å². The monoisotopic (exact) mass is 288 g/mol. The summed E-state index contributed by atoms with van der Waals surface area (Å²) in [4.78, 5) is 20.0. The van der Waals surface area contributed by atoms with Gasteiger partial charge in [-0.15, -0.1) is 0 Å². The number of aromatic nitrogens is 2. The molecular formula is C15H17FN4O. The molecule has 2 aromatic rings. The maximum Gasteiger partial charge on any atom is 0.224 e. The molecule has 0 saturated heterocycles. The Morgan fingerprint density at radius 3 is 2.90 bits per heavy atom. The molecule has 0 spiro atoms. The van der Waals surface area contributed by atoms with Crippen molar-refractivity contribution in [2.75, 3.05) is 18.4 Å². The maximum absolute atomic E-state index is 13.0. The van der Waals surface area contributed by atoms with Crippen molar-refractivity contribution < 1.29 is 9.18 Å². The van der Waals surface area contributed by atoms with Crippen molar-refractivity contribution in [2.45, 2.75) is 13.3 Å². The van der Waals surface area contributed by atoms with Crippen molar-refractivity contribution in [1.29, 1.82) is 0 Å². The lowest BCUT2D eigenvalue weighted by atomic mass is 10.1. The average Bonchev–Trinajstić information content (AvgIpc) is 2.44. The number of carbonyl (C=O) groups is 1. The van der Waals surface area contributed by atoms with E-state index in [1.54, 1.807) is 24.5 Å². The van der Waals surface area contributed by atoms with E-state index >= 15 is 0 Å². The number of nitrogens with zero attached hydrogens (tertiary/aromatic N) is 2. The van der Waals surface area contributed by atoms with Crippen molar-refractivity contribution in [3.8, 4) is 0 Å². The Morgan fingerprint density at radius 1 is 1.29 bits per heavy atom. The minimum atomic E-state index is -0.333. The number of hydrogen-bond donors (Lipinski definition) is 2. The van der Waals surface area contributed by atoms with Gasteiger partial charge in [0.15, 0.2) is 0 Å². The number of nitrogens with one attached hydrogen (secondary N) is 2. The number of carbonyl (C=O) groups excluding carboxylic acids is 1. The number of halogens is 1. The minimum absolute atomic E-state index is 0.141. The first-order valence-corrected chi connectivity index (χ1v) is 6.67. The summed E-state index contributed by atoms with van der Waals surface area (Å²) in [5.41, 5.74) is 1.49. The van der Waals surface area contributed by atoms with Gasteiger partial charge in [-0.05, 0) is 24.6 Å². The van der Waals surface area contributed by atoms with Crippen LogP contribution in [-0.2, 0) is 11.2 Å². The Labute approximate surface area is 122 Å². The van der Waals surface area contributed by atoms with Gasteiger partial charge < -0.3 is 10.6 Å². The zero-order chi connectivity index (χ0) is 15.1. The van der Waals surface area contributed by atoms with Crippen molar-refractivity contribution in [3.63, 3.8) is 0 Å². The quantitative estimate of drug-likeness (QED) is 0.794. The molecule has 0 atom stereocenters. The Hall–Kier alpha value is -2.50. The summed E-state index contributed by atoms with van der Waals surface area (Å²) in [6, 6.07) is 6.04. The van der Waals surface area contributed by atoms with Crippen LogP contribution in [0.1, 0.15) is 11.3 Å². The third-order valence-corrected chi connectivity index (χ3v) is 2.76. The summed E-state index contributed by atoms with van der Waals surface area (Å²) in [6.07, 6.45) is 3.47. The van der Waals surface area contributed by atoms with Crippen LogP contribution in [0, 0.1) is 12.7 Å². The molecule has 1 heterocycles. The second kappa shape index (κ2) is 7.33. The van der Waals surface area contributed by atoms with Crippen LogP contribution >= 0.6 is 0 Å². The number of amides is 1. The molecule has 21 heavy (non-hydrogen) atoms. The zero-order valence-corrected chi connectivity index (χ0v) is 11.8. The summed E-state index contributed by atoms with van der Waals surface area (Å²) < 4.78 is 13.0. The van der Waals surface area contributed by atoms with Crippen LogP contribution in [-0.4, -0.2) is 29.0 Å². The Bertz CT molecular complexity index is 618. The second-order valence-electron chi connectivity index (χ2n) is 4.63. The standard InChI is InChI=1S/C15H17FN4O/c1-11-9-17-10-14(20-11)18-5-6-19-15(21)8-12-3-2-4-13(16)7-12/h2-4,7,9-10H,5-6,8H2,1H3,(H,18,20)(H,19,21). The van der Waals surface area contributed by atoms with Gasteiger partial charge >= 0.3 is 0 Å². The van der Waals surface area contributed by atoms with Crippen molar-refractivity contribution in [2.24, 2.45) is 0 Å². The maximum atomic E-state index is 13.0. The first-order valence-electron chi connectivity index (χ1n) is 6.67. The van der Waals surface area contributed by atoms with Gasteiger partial charge in [0.05, 0.1) is 18.3 Å². The molecule has 0 fully saturated rings. The molecule has 0 unspecified atom stereocenters. The molecule has 0 saturated carbocycles. The minimum Gasteiger partial charge on any atom is -0.367 e. The van der Waals surface area contributed by atoms with Crippen LogP contribution < -0.4 is 10.6 Å². The number of rotatable bonds is 6. The van der Waals surface area contributed by atoms with Crippen LogP contribution in [0.2, 0.25) is 0 Å². The predicted molar refractivity (Wildman–Crippen MR) is 78.4 cm³/mol. The summed E-state index contributed by atoms with van der Waals surface area (Å²) in [5.74, 6) is 0.201. The number of benzene rings is 1. The highest BCUT2D eigenvalue weighted by Crippen LogP contribution is 2.04. The fourth-order valence-corrected chi connectivity index (χ4v) is 1.84. The third kappa shape index (κ3) is 5.18. The fraction of sp³-hybridized carbons (Fsp3) is 0.267. The molecule has 2 rings (SSSR count). The molecule has 5 nitrogen and oxygen atoms in total. The first-order chi connectivity index (χ1) is 10.1. The van der Waals surface area contributed by atoms with E-state index in [2.05, 4.69) is 20.6 Å². The highest BCUT2D eigenvalue weighted by atomic mass is 19.1. The van der Waals surface area contributed by atoms with E-state index in [4.69, 9.17) is 0 Å². The first kappa shape index (κ1) is 14.9. The molecule has 1 aromatic carbocycles. The number of anilines is 1. The van der Waals surface area contributed by atoms with Crippen LogP contribution in [0.4, 0.5) is 10.2 Å². The predicted octanol–water partition coefficient (Wildman–Crippen LogP) is 1.69. The third-order valence-electron chi connectivity index (χ3n) is 2.76. The van der Waals surface area contributed by atoms with E-state index in [0.717, 1.165) is 5.69 Å². The van der Waals surface area contributed by atoms with Gasteiger partial charge in [0.25, 0.3) is 0 Å². The Balaban J connectivity index is 1.70. The molecular weight excluding hydrogens is 271 g/mol. The fourth-order valence-electron chi connectivity index (χ4n) is 1.84. The van der Waals surface area contributed by atoms with Crippen molar-refractivity contribution in [3.05, 3.63) is 53.7 Å². The van der Waals surface area contributed by atoms with Crippen LogP contribution in [0.5, 0.6) is 0 Å². The molecule has 110 valence electrons. The largest absolute Gasteiger partial charge is 0.367 e. The Morgan fingerprint density at radius 2 is 2.14 bits per heavy atom. The van der Waals surface area contributed by atoms with Gasteiger partial charge in [0, 0.05) is 19.3 Å². The molecule has 6 heteroatoms. The molecule has 0 aliphatic heterocycles. The molecule has 0 bridgehead atoms. The molecule has 0 aliphatic rings. The zero-order valence-electron chi connectivity index (χ0n) is 11.8. The molecule has 1 aromatic heterocycles. The number of hydrogen-bond acceptors (Lipinski definition) is 4. The summed E-state index contributed by atoms with van der Waals surface area (Å²) in [5, 5.41) is 5.83. The second-order valence-corrected chi connectivity index (χ2v) is 4.63. The molecule has 2 N–H and O–H groups in total. The van der Waals surface area contributed by atoms with Crippen molar-refractivity contribution in [1.82, 2.24) is 15.3 Å². The van der Waals surface area contributed by atoms with Crippen molar-refractivity contribution >= 4 is 11.7 Å². The average molecular weight is 288 g/mol. The van der Waals surface area contributed by atoms with E-state index in [-0.39, 0.29) is 18.1 Å². The highest BCUT2D eigenvalue weighted by Gasteiger charge is 2.03. The van der Waals surface area contributed by atoms with E-state index < -0.39 is 0 Å². The lowest BCUT2D eigenvalue weighted by molar-refractivity contribution is -0.120. The lowest BCUT2D eigenvalue weighted by Crippen LogP contribution is -2.30. The summed E-state index contributed by atoms with van der Waals surface area (Å²) >= 11 is 0. The van der Waals surface area contributed by atoms with E-state index in [1.807, 2.05) is 6.92 Å². The molecule has 0 aliphatic carbocycles. The lowest BCUT2D eigenvalue weighted by Gasteiger charge is -2.07. The Kier molecular flexibility index (Phi) is 5.20. The van der Waals surface area contributed by atoms with E-state index in [1.165, 1.54) is 12.1 Å². The van der Waals surface area contributed by atoms with Gasteiger partial charge in [0.1, 0.15) is 11.6 Å². The molecule has 1 amide bonds. The summed E-state index contributed by atoms with van der Waals surface area (Å²) in [6.45, 7) is 2.87. The number of aryl methyl sites for hydroxylation is 1. The van der Waals surface area contributed by atoms with Gasteiger partial charge in [-0.2, -0.15) is 0 Å². The van der Waals surface area contributed by atoms with Gasteiger partial charge in [-0.1, -0.05) is 12.1 Å². The van der Waals surface area contributed by atoms with Crippen LogP contribution in [0.3, 0.4) is 0 Å². The van der Waals surface area contributed by atoms with Gasteiger partial charge in [0.2, 0.25) is 5.91 Å². The molecule has 0 radical (unpaired) electrons. The van der Waals surface area contributed by atoms with Crippen LogP contribution in [0.25, 0.3) is 0 Å². The van der Waals surface area contributed by atoms with Crippen LogP contribution in [0.15, 0.2) is 36.7 Å². The van der Waals surface area contributed by atoms with E-state index in [0.29, 0.717) is 24.5 Å². The summed E-state index contributed by atoms with van der Waals surface area (Å²) in [7, 11) is 0. The smallest absolute Gasteiger partial charge is 0.224 e. The normalized spacial score (nSPS) is 10.2.